The zero-order chi connectivity index (χ0) is 14.8. The number of carbonyl (C=O) groups is 2. The summed E-state index contributed by atoms with van der Waals surface area (Å²) in [5.41, 5.74) is 2.42. The van der Waals surface area contributed by atoms with Gasteiger partial charge in [0.2, 0.25) is 11.8 Å². The monoisotopic (exact) mass is 390 g/mol. The number of hydroxylamine groups is 1. The minimum absolute atomic E-state index is 0.0140. The number of anilines is 1. The summed E-state index contributed by atoms with van der Waals surface area (Å²) in [6, 6.07) is 7.67. The second-order valence-electron chi connectivity index (χ2n) is 4.51. The molecule has 0 saturated carbocycles. The Labute approximate surface area is 132 Å². The second kappa shape index (κ2) is 9.71. The predicted molar refractivity (Wildman–Crippen MR) is 85.4 cm³/mol. The Hall–Kier alpha value is -1.15. The lowest BCUT2D eigenvalue weighted by molar-refractivity contribution is -0.129. The van der Waals surface area contributed by atoms with Crippen molar-refractivity contribution in [3.63, 3.8) is 0 Å². The summed E-state index contributed by atoms with van der Waals surface area (Å²) >= 11 is 2.20. The van der Waals surface area contributed by atoms with Gasteiger partial charge in [-0.2, -0.15) is 0 Å². The number of hydrogen-bond donors (Lipinski definition) is 3. The molecule has 0 aliphatic heterocycles. The summed E-state index contributed by atoms with van der Waals surface area (Å²) in [7, 11) is 0. The van der Waals surface area contributed by atoms with Gasteiger partial charge in [-0.15, -0.1) is 0 Å². The number of halogens is 1. The maximum atomic E-state index is 11.7. The van der Waals surface area contributed by atoms with Crippen LogP contribution in [0.15, 0.2) is 24.3 Å². The SMILES string of the molecule is O=C(CCCCCCC(=O)Nc1cccc(I)c1)NO. The lowest BCUT2D eigenvalue weighted by atomic mass is 10.1. The highest BCUT2D eigenvalue weighted by Gasteiger charge is 2.03. The minimum Gasteiger partial charge on any atom is -0.326 e. The Balaban J connectivity index is 2.10. The molecular weight excluding hydrogens is 371 g/mol. The molecule has 0 bridgehead atoms. The highest BCUT2D eigenvalue weighted by molar-refractivity contribution is 14.1. The molecule has 6 heteroatoms. The number of hydrogen-bond acceptors (Lipinski definition) is 3. The Morgan fingerprint density at radius 2 is 1.70 bits per heavy atom. The molecule has 0 radical (unpaired) electrons. The van der Waals surface area contributed by atoms with E-state index in [0.717, 1.165) is 34.9 Å². The van der Waals surface area contributed by atoms with Gasteiger partial charge in [-0.05, 0) is 53.6 Å². The normalized spacial score (nSPS) is 10.1. The fraction of sp³-hybridized carbons (Fsp3) is 0.429. The maximum Gasteiger partial charge on any atom is 0.243 e. The van der Waals surface area contributed by atoms with Gasteiger partial charge in [-0.1, -0.05) is 18.9 Å². The van der Waals surface area contributed by atoms with Crippen molar-refractivity contribution in [2.75, 3.05) is 5.32 Å². The molecule has 0 saturated heterocycles. The largest absolute Gasteiger partial charge is 0.326 e. The first-order chi connectivity index (χ1) is 9.61. The zero-order valence-electron chi connectivity index (χ0n) is 11.2. The lowest BCUT2D eigenvalue weighted by Gasteiger charge is -2.05. The average Bonchev–Trinajstić information content (AvgIpc) is 2.42. The van der Waals surface area contributed by atoms with Crippen molar-refractivity contribution >= 4 is 40.1 Å². The zero-order valence-corrected chi connectivity index (χ0v) is 13.4. The van der Waals surface area contributed by atoms with Crippen molar-refractivity contribution in [3.05, 3.63) is 27.8 Å². The highest BCUT2D eigenvalue weighted by atomic mass is 127. The van der Waals surface area contributed by atoms with Crippen LogP contribution in [0.3, 0.4) is 0 Å². The average molecular weight is 390 g/mol. The van der Waals surface area contributed by atoms with E-state index in [4.69, 9.17) is 5.21 Å². The van der Waals surface area contributed by atoms with E-state index >= 15 is 0 Å². The summed E-state index contributed by atoms with van der Waals surface area (Å²) < 4.78 is 1.09. The first-order valence-electron chi connectivity index (χ1n) is 6.60. The molecule has 0 atom stereocenters. The van der Waals surface area contributed by atoms with E-state index in [1.54, 1.807) is 5.48 Å². The van der Waals surface area contributed by atoms with Gasteiger partial charge in [0, 0.05) is 22.1 Å². The lowest BCUT2D eigenvalue weighted by Crippen LogP contribution is -2.17. The molecule has 1 aromatic rings. The summed E-state index contributed by atoms with van der Waals surface area (Å²) in [4.78, 5) is 22.5. The fourth-order valence-electron chi connectivity index (χ4n) is 1.77. The van der Waals surface area contributed by atoms with Gasteiger partial charge in [0.15, 0.2) is 0 Å². The first-order valence-corrected chi connectivity index (χ1v) is 7.68. The van der Waals surface area contributed by atoms with Crippen molar-refractivity contribution in [2.45, 2.75) is 38.5 Å². The molecule has 0 aliphatic carbocycles. The molecule has 1 aromatic carbocycles. The summed E-state index contributed by atoms with van der Waals surface area (Å²) in [5.74, 6) is -0.346. The molecule has 110 valence electrons. The third kappa shape index (κ3) is 7.44. The molecule has 0 aromatic heterocycles. The van der Waals surface area contributed by atoms with E-state index in [9.17, 15) is 9.59 Å². The molecule has 0 aliphatic rings. The van der Waals surface area contributed by atoms with Gasteiger partial charge >= 0.3 is 0 Å². The molecule has 1 rings (SSSR count). The third-order valence-corrected chi connectivity index (χ3v) is 3.46. The smallest absolute Gasteiger partial charge is 0.243 e. The Morgan fingerprint density at radius 3 is 2.30 bits per heavy atom. The quantitative estimate of drug-likeness (QED) is 0.276. The van der Waals surface area contributed by atoms with Crippen LogP contribution in [0.25, 0.3) is 0 Å². The topological polar surface area (TPSA) is 78.4 Å². The second-order valence-corrected chi connectivity index (χ2v) is 5.75. The number of nitrogens with one attached hydrogen (secondary N) is 2. The van der Waals surface area contributed by atoms with E-state index in [0.29, 0.717) is 12.8 Å². The van der Waals surface area contributed by atoms with Crippen molar-refractivity contribution in [1.82, 2.24) is 5.48 Å². The van der Waals surface area contributed by atoms with Crippen LogP contribution < -0.4 is 10.8 Å². The van der Waals surface area contributed by atoms with Crippen LogP contribution in [0.5, 0.6) is 0 Å². The molecular formula is C14H19IN2O3. The van der Waals surface area contributed by atoms with Crippen LogP contribution in [0, 0.1) is 3.57 Å². The Morgan fingerprint density at radius 1 is 1.05 bits per heavy atom. The van der Waals surface area contributed by atoms with E-state index < -0.39 is 0 Å². The Bertz CT molecular complexity index is 452. The molecule has 5 nitrogen and oxygen atoms in total. The van der Waals surface area contributed by atoms with Gasteiger partial charge in [0.1, 0.15) is 0 Å². The number of carbonyl (C=O) groups excluding carboxylic acids is 2. The van der Waals surface area contributed by atoms with Crippen molar-refractivity contribution in [1.29, 1.82) is 0 Å². The van der Waals surface area contributed by atoms with Gasteiger partial charge in [0.25, 0.3) is 0 Å². The summed E-state index contributed by atoms with van der Waals surface area (Å²) in [6.45, 7) is 0. The number of amides is 2. The molecule has 2 amide bonds. The van der Waals surface area contributed by atoms with E-state index in [1.165, 1.54) is 0 Å². The molecule has 0 fully saturated rings. The number of rotatable bonds is 8. The van der Waals surface area contributed by atoms with Gasteiger partial charge in [-0.25, -0.2) is 5.48 Å². The number of unbranched alkanes of at least 4 members (excludes halogenated alkanes) is 3. The molecule has 0 spiro atoms. The Kier molecular flexibility index (Phi) is 8.20. The van der Waals surface area contributed by atoms with Crippen molar-refractivity contribution in [2.24, 2.45) is 0 Å². The predicted octanol–water partition coefficient (Wildman–Crippen LogP) is 3.08. The molecule has 0 unspecified atom stereocenters. The highest BCUT2D eigenvalue weighted by Crippen LogP contribution is 2.13. The van der Waals surface area contributed by atoms with Crippen LogP contribution in [0.2, 0.25) is 0 Å². The van der Waals surface area contributed by atoms with Crippen molar-refractivity contribution in [3.8, 4) is 0 Å². The van der Waals surface area contributed by atoms with Crippen LogP contribution >= 0.6 is 22.6 Å². The van der Waals surface area contributed by atoms with Crippen LogP contribution in [-0.2, 0) is 9.59 Å². The minimum atomic E-state index is -0.360. The molecule has 0 heterocycles. The van der Waals surface area contributed by atoms with Gasteiger partial charge in [0.05, 0.1) is 0 Å². The molecule has 20 heavy (non-hydrogen) atoms. The van der Waals surface area contributed by atoms with E-state index in [1.807, 2.05) is 24.3 Å². The standard InChI is InChI=1S/C14H19IN2O3/c15-11-6-5-7-12(10-11)16-13(18)8-3-1-2-4-9-14(19)17-20/h5-7,10,20H,1-4,8-9H2,(H,16,18)(H,17,19). The number of benzene rings is 1. The molecule has 3 N–H and O–H groups in total. The van der Waals surface area contributed by atoms with Crippen LogP contribution in [0.4, 0.5) is 5.69 Å². The van der Waals surface area contributed by atoms with Crippen molar-refractivity contribution < 1.29 is 14.8 Å². The van der Waals surface area contributed by atoms with Crippen LogP contribution in [-0.4, -0.2) is 17.0 Å². The first kappa shape index (κ1) is 16.9. The third-order valence-electron chi connectivity index (χ3n) is 2.79. The van der Waals surface area contributed by atoms with Crippen LogP contribution in [0.1, 0.15) is 38.5 Å². The van der Waals surface area contributed by atoms with E-state index in [2.05, 4.69) is 27.9 Å². The van der Waals surface area contributed by atoms with Gasteiger partial charge in [-0.3, -0.25) is 14.8 Å². The van der Waals surface area contributed by atoms with E-state index in [-0.39, 0.29) is 11.8 Å². The summed E-state index contributed by atoms with van der Waals surface area (Å²) in [5, 5.41) is 11.2. The fourth-order valence-corrected chi connectivity index (χ4v) is 2.31. The van der Waals surface area contributed by atoms with Gasteiger partial charge < -0.3 is 5.32 Å². The maximum absolute atomic E-state index is 11.7. The summed E-state index contributed by atoms with van der Waals surface area (Å²) in [6.07, 6.45) is 4.12.